The second-order valence-electron chi connectivity index (χ2n) is 11.6. The summed E-state index contributed by atoms with van der Waals surface area (Å²) in [6.45, 7) is 8.51. The Hall–Kier alpha value is -2.06. The van der Waals surface area contributed by atoms with E-state index in [1.54, 1.807) is 12.2 Å². The molecule has 1 radical (unpaired) electrons. The highest BCUT2D eigenvalue weighted by Crippen LogP contribution is 2.26. The molecule has 8 nitrogen and oxygen atoms in total. The van der Waals surface area contributed by atoms with Crippen molar-refractivity contribution in [1.29, 1.82) is 0 Å². The van der Waals surface area contributed by atoms with Gasteiger partial charge in [0, 0.05) is 24.8 Å². The van der Waals surface area contributed by atoms with Crippen LogP contribution >= 0.6 is 0 Å². The highest BCUT2D eigenvalue weighted by molar-refractivity contribution is 6.73. The molecule has 9 heteroatoms. The average molecular weight is 579 g/mol. The molecule has 0 bridgehead atoms. The molecular formula is C32H57BNO7. The number of ether oxygens (including phenoxy) is 3. The van der Waals surface area contributed by atoms with Crippen LogP contribution in [-0.2, 0) is 28.6 Å². The number of rotatable bonds is 25. The maximum atomic E-state index is 12.7. The van der Waals surface area contributed by atoms with Gasteiger partial charge in [0.15, 0.2) is 5.81 Å². The minimum atomic E-state index is -0.472. The van der Waals surface area contributed by atoms with E-state index in [9.17, 15) is 19.2 Å². The summed E-state index contributed by atoms with van der Waals surface area (Å²) in [6, 6.07) is 0.00230. The lowest BCUT2D eigenvalue weighted by Crippen LogP contribution is -2.60. The fraction of sp³-hybridized carbons (Fsp3) is 0.875. The molecule has 2 unspecified atom stereocenters. The third-order valence-electron chi connectivity index (χ3n) is 7.66. The summed E-state index contributed by atoms with van der Waals surface area (Å²) < 4.78 is 16.4. The normalized spacial score (nSPS) is 16.3. The van der Waals surface area contributed by atoms with E-state index >= 15 is 0 Å². The first-order valence-electron chi connectivity index (χ1n) is 16.4. The first-order valence-corrected chi connectivity index (χ1v) is 16.4. The summed E-state index contributed by atoms with van der Waals surface area (Å²) in [5.41, 5.74) is 0. The van der Waals surface area contributed by atoms with Gasteiger partial charge in [0.2, 0.25) is 7.28 Å². The number of unbranched alkanes of at least 4 members (excludes halogenated alkanes) is 10. The van der Waals surface area contributed by atoms with Crippen molar-refractivity contribution in [2.45, 2.75) is 155 Å². The number of carbonyl (C=O) groups is 4. The number of likely N-dealkylation sites (tertiary alicyclic amines) is 1. The number of hydrogen-bond acceptors (Lipinski definition) is 7. The van der Waals surface area contributed by atoms with Crippen LogP contribution in [0.1, 0.15) is 137 Å². The SMILES string of the molecule is CCC[B]C(=O)N1C(C)CC1COC(=O)CC(COC(=O)CCCCCCCC)COC(=O)CCCCCCCC. The topological polar surface area (TPSA) is 99.2 Å². The summed E-state index contributed by atoms with van der Waals surface area (Å²) in [7, 11) is 1.69. The number of esters is 3. The Balaban J connectivity index is 2.50. The molecule has 1 saturated heterocycles. The van der Waals surface area contributed by atoms with Crippen molar-refractivity contribution in [3.8, 4) is 0 Å². The summed E-state index contributed by atoms with van der Waals surface area (Å²) in [6.07, 6.45) is 16.0. The Morgan fingerprint density at radius 2 is 1.22 bits per heavy atom. The molecule has 2 atom stereocenters. The molecule has 235 valence electrons. The van der Waals surface area contributed by atoms with E-state index in [1.807, 2.05) is 13.8 Å². The van der Waals surface area contributed by atoms with E-state index in [0.29, 0.717) is 12.8 Å². The standard InChI is InChI=1S/C32H57BNO7/c1-5-8-10-12-14-16-18-29(35)39-23-27(24-40-30(36)19-17-15-13-11-9-6-2)22-31(37)41-25-28-21-26(4)34(28)32(38)33-20-7-3/h26-28H,5-25H2,1-4H3. The molecule has 1 aliphatic heterocycles. The summed E-state index contributed by atoms with van der Waals surface area (Å²) >= 11 is 0. The largest absolute Gasteiger partial charge is 0.465 e. The van der Waals surface area contributed by atoms with Crippen molar-refractivity contribution in [3.63, 3.8) is 0 Å². The Morgan fingerprint density at radius 3 is 1.71 bits per heavy atom. The molecule has 0 aromatic rings. The Bertz CT molecular complexity index is 716. The fourth-order valence-corrected chi connectivity index (χ4v) is 5.08. The minimum absolute atomic E-state index is 0.00508. The van der Waals surface area contributed by atoms with Gasteiger partial charge in [-0.25, -0.2) is 0 Å². The summed E-state index contributed by atoms with van der Waals surface area (Å²) in [5, 5.41) is 0. The predicted octanol–water partition coefficient (Wildman–Crippen LogP) is 7.24. The molecule has 0 N–H and O–H groups in total. The zero-order chi connectivity index (χ0) is 30.3. The monoisotopic (exact) mass is 578 g/mol. The number of carbonyl (C=O) groups excluding carboxylic acids is 4. The summed E-state index contributed by atoms with van der Waals surface area (Å²) in [4.78, 5) is 51.5. The van der Waals surface area contributed by atoms with Gasteiger partial charge in [-0.2, -0.15) is 0 Å². The number of hydrogen-bond donors (Lipinski definition) is 0. The van der Waals surface area contributed by atoms with Crippen LogP contribution in [0.15, 0.2) is 0 Å². The third kappa shape index (κ3) is 17.5. The summed E-state index contributed by atoms with van der Waals surface area (Å²) in [5.74, 6) is -1.52. The highest BCUT2D eigenvalue weighted by Gasteiger charge is 2.39. The van der Waals surface area contributed by atoms with Crippen LogP contribution in [0.2, 0.25) is 6.32 Å². The molecule has 1 rings (SSSR count). The van der Waals surface area contributed by atoms with Crippen LogP contribution < -0.4 is 0 Å². The molecular weight excluding hydrogens is 521 g/mol. The van der Waals surface area contributed by atoms with E-state index in [2.05, 4.69) is 13.8 Å². The molecule has 1 amide bonds. The van der Waals surface area contributed by atoms with Gasteiger partial charge in [0.05, 0.1) is 25.7 Å². The average Bonchev–Trinajstić information content (AvgIpc) is 2.94. The van der Waals surface area contributed by atoms with E-state index in [0.717, 1.165) is 57.7 Å². The zero-order valence-electron chi connectivity index (χ0n) is 26.5. The van der Waals surface area contributed by atoms with Gasteiger partial charge in [0.1, 0.15) is 6.61 Å². The van der Waals surface area contributed by atoms with Crippen LogP contribution in [0.4, 0.5) is 4.79 Å². The molecule has 0 aromatic heterocycles. The second-order valence-corrected chi connectivity index (χ2v) is 11.6. The molecule has 1 fully saturated rings. The third-order valence-corrected chi connectivity index (χ3v) is 7.66. The second kappa shape index (κ2) is 23.5. The fourth-order valence-electron chi connectivity index (χ4n) is 5.08. The van der Waals surface area contributed by atoms with Crippen molar-refractivity contribution >= 4 is 31.0 Å². The van der Waals surface area contributed by atoms with Crippen molar-refractivity contribution in [3.05, 3.63) is 0 Å². The van der Waals surface area contributed by atoms with Crippen molar-refractivity contribution in [1.82, 2.24) is 4.90 Å². The van der Waals surface area contributed by atoms with Gasteiger partial charge in [-0.3, -0.25) is 19.2 Å². The first-order chi connectivity index (χ1) is 19.8. The lowest BCUT2D eigenvalue weighted by Gasteiger charge is -2.47. The lowest BCUT2D eigenvalue weighted by atomic mass is 9.70. The molecule has 0 saturated carbocycles. The minimum Gasteiger partial charge on any atom is -0.465 e. The smallest absolute Gasteiger partial charge is 0.306 e. The molecule has 1 aliphatic rings. The van der Waals surface area contributed by atoms with Gasteiger partial charge in [-0.1, -0.05) is 97.7 Å². The number of amides is 1. The first kappa shape index (κ1) is 37.0. The van der Waals surface area contributed by atoms with Crippen molar-refractivity contribution in [2.75, 3.05) is 19.8 Å². The Morgan fingerprint density at radius 1 is 0.707 bits per heavy atom. The van der Waals surface area contributed by atoms with E-state index < -0.39 is 11.9 Å². The molecule has 0 spiro atoms. The van der Waals surface area contributed by atoms with E-state index in [1.165, 1.54) is 38.5 Å². The zero-order valence-corrected chi connectivity index (χ0v) is 26.5. The van der Waals surface area contributed by atoms with Crippen LogP contribution in [0.5, 0.6) is 0 Å². The van der Waals surface area contributed by atoms with Crippen LogP contribution in [-0.4, -0.2) is 67.8 Å². The Labute approximate surface area is 250 Å². The molecule has 0 aliphatic carbocycles. The molecule has 41 heavy (non-hydrogen) atoms. The van der Waals surface area contributed by atoms with Gasteiger partial charge >= 0.3 is 17.9 Å². The molecule has 1 heterocycles. The number of nitrogens with zero attached hydrogens (tertiary/aromatic N) is 1. The van der Waals surface area contributed by atoms with Gasteiger partial charge in [-0.05, 0) is 26.2 Å². The maximum Gasteiger partial charge on any atom is 0.306 e. The van der Waals surface area contributed by atoms with E-state index in [4.69, 9.17) is 14.2 Å². The van der Waals surface area contributed by atoms with Crippen molar-refractivity contribution < 1.29 is 33.4 Å². The highest BCUT2D eigenvalue weighted by atomic mass is 16.6. The molecule has 0 aromatic carbocycles. The predicted molar refractivity (Wildman–Crippen MR) is 163 cm³/mol. The van der Waals surface area contributed by atoms with Crippen LogP contribution in [0.3, 0.4) is 0 Å². The quantitative estimate of drug-likeness (QED) is 0.0487. The lowest BCUT2D eigenvalue weighted by molar-refractivity contribution is -0.156. The van der Waals surface area contributed by atoms with E-state index in [-0.39, 0.29) is 56.1 Å². The van der Waals surface area contributed by atoms with Crippen molar-refractivity contribution in [2.24, 2.45) is 5.92 Å². The Kier molecular flexibility index (Phi) is 21.2. The van der Waals surface area contributed by atoms with Gasteiger partial charge < -0.3 is 19.1 Å². The maximum absolute atomic E-state index is 12.7. The van der Waals surface area contributed by atoms with Crippen LogP contribution in [0.25, 0.3) is 0 Å². The van der Waals surface area contributed by atoms with Gasteiger partial charge in [0.25, 0.3) is 0 Å². The van der Waals surface area contributed by atoms with Gasteiger partial charge in [-0.15, -0.1) is 0 Å². The van der Waals surface area contributed by atoms with Crippen LogP contribution in [0, 0.1) is 5.92 Å².